The quantitative estimate of drug-likeness (QED) is 0.404. The van der Waals surface area contributed by atoms with E-state index in [4.69, 9.17) is 9.47 Å². The molecule has 2 heterocycles. The molecule has 190 valence electrons. The van der Waals surface area contributed by atoms with Gasteiger partial charge in [-0.05, 0) is 67.3 Å². The van der Waals surface area contributed by atoms with Crippen LogP contribution in [-0.2, 0) is 24.8 Å². The van der Waals surface area contributed by atoms with E-state index >= 15 is 0 Å². The minimum Gasteiger partial charge on any atom is -0.497 e. The number of hydrogen-bond donors (Lipinski definition) is 2. The molecule has 2 aromatic rings. The van der Waals surface area contributed by atoms with Gasteiger partial charge in [-0.1, -0.05) is 0 Å². The summed E-state index contributed by atoms with van der Waals surface area (Å²) in [7, 11) is -5.20. The molecule has 2 N–H and O–H groups in total. The van der Waals surface area contributed by atoms with Crippen molar-refractivity contribution < 1.29 is 36.3 Å². The fourth-order valence-electron chi connectivity index (χ4n) is 4.76. The number of carbonyl (C=O) groups is 1. The van der Waals surface area contributed by atoms with Crippen LogP contribution in [0.3, 0.4) is 0 Å². The van der Waals surface area contributed by atoms with Crippen LogP contribution in [0.15, 0.2) is 58.3 Å². The van der Waals surface area contributed by atoms with Crippen LogP contribution in [0, 0.1) is 5.92 Å². The van der Waals surface area contributed by atoms with Gasteiger partial charge >= 0.3 is 0 Å². The number of ether oxygens (including phenoxy) is 2. The molecule has 0 saturated carbocycles. The van der Waals surface area contributed by atoms with Crippen molar-refractivity contribution in [1.29, 1.82) is 0 Å². The summed E-state index contributed by atoms with van der Waals surface area (Å²) < 4.78 is 66.4. The molecule has 13 heteroatoms. The van der Waals surface area contributed by atoms with E-state index in [1.807, 2.05) is 0 Å². The highest BCUT2D eigenvalue weighted by Crippen LogP contribution is 2.41. The van der Waals surface area contributed by atoms with E-state index in [9.17, 15) is 26.8 Å². The van der Waals surface area contributed by atoms with Gasteiger partial charge in [0.25, 0.3) is 5.91 Å². The van der Waals surface area contributed by atoms with Gasteiger partial charge in [-0.25, -0.2) is 22.3 Å². The van der Waals surface area contributed by atoms with E-state index in [1.165, 1.54) is 67.1 Å². The minimum atomic E-state index is -4.21. The van der Waals surface area contributed by atoms with Crippen molar-refractivity contribution in [2.75, 3.05) is 27.3 Å². The first kappa shape index (κ1) is 25.4. The van der Waals surface area contributed by atoms with Crippen LogP contribution in [0.5, 0.6) is 11.5 Å². The molecule has 0 radical (unpaired) electrons. The van der Waals surface area contributed by atoms with E-state index in [2.05, 4.69) is 0 Å². The lowest BCUT2D eigenvalue weighted by atomic mass is 9.92. The summed E-state index contributed by atoms with van der Waals surface area (Å²) in [6.07, 6.45) is 0.534. The van der Waals surface area contributed by atoms with E-state index in [0.717, 1.165) is 4.31 Å². The maximum atomic E-state index is 13.7. The number of hydroxylamine groups is 1. The van der Waals surface area contributed by atoms with E-state index in [-0.39, 0.29) is 35.2 Å². The topological polar surface area (TPSA) is 143 Å². The normalized spacial score (nSPS) is 23.5. The Morgan fingerprint density at radius 2 is 1.43 bits per heavy atom. The van der Waals surface area contributed by atoms with Crippen LogP contribution in [0.4, 0.5) is 0 Å². The molecule has 2 aliphatic heterocycles. The average molecular weight is 526 g/mol. The van der Waals surface area contributed by atoms with Crippen molar-refractivity contribution in [2.24, 2.45) is 5.92 Å². The molecule has 35 heavy (non-hydrogen) atoms. The molecule has 0 bridgehead atoms. The first-order valence-electron chi connectivity index (χ1n) is 10.9. The van der Waals surface area contributed by atoms with Crippen molar-refractivity contribution in [3.8, 4) is 11.5 Å². The molecule has 2 fully saturated rings. The SMILES string of the molecule is COc1ccc(S(=O)(=O)N2CCC3CC(C(=O)NO)N(S(=O)(=O)c4ccc(OC)cc4)C3C2)cc1. The van der Waals surface area contributed by atoms with Crippen LogP contribution in [0.2, 0.25) is 0 Å². The maximum absolute atomic E-state index is 13.7. The van der Waals surface area contributed by atoms with Gasteiger partial charge in [-0.15, -0.1) is 0 Å². The average Bonchev–Trinajstić information content (AvgIpc) is 3.28. The van der Waals surface area contributed by atoms with Gasteiger partial charge in [0.2, 0.25) is 20.0 Å². The zero-order chi connectivity index (χ0) is 25.4. The summed E-state index contributed by atoms with van der Waals surface area (Å²) in [5.41, 5.74) is 1.56. The molecule has 3 atom stereocenters. The number of rotatable bonds is 7. The number of methoxy groups -OCH3 is 2. The molecule has 2 aromatic carbocycles. The summed E-state index contributed by atoms with van der Waals surface area (Å²) in [5.74, 6) is -0.149. The van der Waals surface area contributed by atoms with E-state index in [0.29, 0.717) is 17.9 Å². The number of sulfonamides is 2. The largest absolute Gasteiger partial charge is 0.497 e. The lowest BCUT2D eigenvalue weighted by molar-refractivity contribution is -0.132. The monoisotopic (exact) mass is 525 g/mol. The summed E-state index contributed by atoms with van der Waals surface area (Å²) in [4.78, 5) is 12.5. The number of benzene rings is 2. The highest BCUT2D eigenvalue weighted by molar-refractivity contribution is 7.89. The molecule has 3 unspecified atom stereocenters. The number of nitrogens with zero attached hydrogens (tertiary/aromatic N) is 2. The predicted molar refractivity (Wildman–Crippen MR) is 124 cm³/mol. The zero-order valence-corrected chi connectivity index (χ0v) is 20.8. The molecule has 4 rings (SSSR count). The highest BCUT2D eigenvalue weighted by Gasteiger charge is 2.53. The molecule has 11 nitrogen and oxygen atoms in total. The fourth-order valence-corrected chi connectivity index (χ4v) is 8.07. The summed E-state index contributed by atoms with van der Waals surface area (Å²) in [5, 5.41) is 9.27. The van der Waals surface area contributed by atoms with Crippen molar-refractivity contribution in [2.45, 2.75) is 34.7 Å². The second-order valence-corrected chi connectivity index (χ2v) is 12.2. The molecule has 0 aromatic heterocycles. The molecule has 2 aliphatic rings. The Labute approximate surface area is 204 Å². The van der Waals surface area contributed by atoms with Gasteiger partial charge in [0.1, 0.15) is 17.5 Å². The van der Waals surface area contributed by atoms with Gasteiger partial charge in [0.15, 0.2) is 0 Å². The predicted octanol–water partition coefficient (Wildman–Crippen LogP) is 1.05. The smallest absolute Gasteiger partial charge is 0.261 e. The van der Waals surface area contributed by atoms with Crippen molar-refractivity contribution >= 4 is 26.0 Å². The Morgan fingerprint density at radius 1 is 0.914 bits per heavy atom. The van der Waals surface area contributed by atoms with Crippen LogP contribution in [-0.4, -0.2) is 76.0 Å². The van der Waals surface area contributed by atoms with Crippen LogP contribution < -0.4 is 15.0 Å². The summed E-state index contributed by atoms with van der Waals surface area (Å²) >= 11 is 0. The van der Waals surface area contributed by atoms with Crippen molar-refractivity contribution in [3.05, 3.63) is 48.5 Å². The Hall–Kier alpha value is -2.71. The van der Waals surface area contributed by atoms with Crippen LogP contribution in [0.1, 0.15) is 12.8 Å². The van der Waals surface area contributed by atoms with Gasteiger partial charge in [-0.3, -0.25) is 10.0 Å². The molecular formula is C22H27N3O8S2. The standard InChI is InChI=1S/C22H27N3O8S2/c1-32-16-3-7-18(8-4-16)34(28,29)24-12-11-15-13-20(22(26)23-27)25(21(15)14-24)35(30,31)19-9-5-17(33-2)6-10-19/h3-10,15,20-21,27H,11-14H2,1-2H3,(H,23,26). The molecule has 2 saturated heterocycles. The fraction of sp³-hybridized carbons (Fsp3) is 0.409. The van der Waals surface area contributed by atoms with Gasteiger partial charge in [0.05, 0.1) is 24.0 Å². The van der Waals surface area contributed by atoms with Gasteiger partial charge in [-0.2, -0.15) is 8.61 Å². The first-order chi connectivity index (χ1) is 16.6. The van der Waals surface area contributed by atoms with E-state index in [1.54, 1.807) is 5.48 Å². The van der Waals surface area contributed by atoms with Crippen molar-refractivity contribution in [3.63, 3.8) is 0 Å². The first-order valence-corrected chi connectivity index (χ1v) is 13.8. The third-order valence-corrected chi connectivity index (χ3v) is 10.4. The van der Waals surface area contributed by atoms with Crippen molar-refractivity contribution in [1.82, 2.24) is 14.1 Å². The molecule has 0 aliphatic carbocycles. The number of piperidine rings is 1. The third-order valence-electron chi connectivity index (χ3n) is 6.59. The third kappa shape index (κ3) is 4.61. The number of nitrogens with one attached hydrogen (secondary N) is 1. The zero-order valence-electron chi connectivity index (χ0n) is 19.2. The number of hydrogen-bond acceptors (Lipinski definition) is 8. The molecule has 0 spiro atoms. The molecule has 1 amide bonds. The second-order valence-electron chi connectivity index (χ2n) is 8.39. The molecular weight excluding hydrogens is 498 g/mol. The van der Waals surface area contributed by atoms with Crippen LogP contribution in [0.25, 0.3) is 0 Å². The second kappa shape index (κ2) is 9.74. The number of fused-ring (bicyclic) bond motifs is 1. The van der Waals surface area contributed by atoms with Gasteiger partial charge < -0.3 is 9.47 Å². The van der Waals surface area contributed by atoms with Gasteiger partial charge in [0, 0.05) is 19.1 Å². The number of carbonyl (C=O) groups excluding carboxylic acids is 1. The Bertz CT molecular complexity index is 1280. The van der Waals surface area contributed by atoms with Crippen LogP contribution >= 0.6 is 0 Å². The lowest BCUT2D eigenvalue weighted by Crippen LogP contribution is -2.54. The Kier molecular flexibility index (Phi) is 7.06. The minimum absolute atomic E-state index is 0.0592. The highest BCUT2D eigenvalue weighted by atomic mass is 32.2. The number of amides is 1. The summed E-state index contributed by atoms with van der Waals surface area (Å²) in [6.45, 7) is 0.0586. The Balaban J connectivity index is 1.69. The summed E-state index contributed by atoms with van der Waals surface area (Å²) in [6, 6.07) is 9.69. The lowest BCUT2D eigenvalue weighted by Gasteiger charge is -2.37. The maximum Gasteiger partial charge on any atom is 0.261 e. The Morgan fingerprint density at radius 3 is 1.91 bits per heavy atom. The van der Waals surface area contributed by atoms with E-state index < -0.39 is 38.0 Å².